The SMILES string of the molecule is O=C([O-])CC(O)(CC(=O)O)C(=O)O.O=C([O-])CC(O)(CC(=O)O)C(=O)O.[Mg+2]. The molecule has 2 unspecified atom stereocenters. The molecule has 0 rings (SSSR count). The van der Waals surface area contributed by atoms with Crippen molar-refractivity contribution in [1.82, 2.24) is 0 Å². The van der Waals surface area contributed by atoms with Crippen molar-refractivity contribution >= 4 is 58.9 Å². The molecule has 0 aliphatic carbocycles. The fourth-order valence-corrected chi connectivity index (χ4v) is 1.41. The molecule has 0 saturated heterocycles. The van der Waals surface area contributed by atoms with Gasteiger partial charge in [0.15, 0.2) is 11.2 Å². The van der Waals surface area contributed by atoms with Crippen molar-refractivity contribution in [3.05, 3.63) is 0 Å². The van der Waals surface area contributed by atoms with Gasteiger partial charge in [0.05, 0.1) is 12.8 Å². The quantitative estimate of drug-likeness (QED) is 0.185. The van der Waals surface area contributed by atoms with Crippen LogP contribution in [0.15, 0.2) is 0 Å². The van der Waals surface area contributed by atoms with Crippen LogP contribution >= 0.6 is 0 Å². The van der Waals surface area contributed by atoms with Crippen LogP contribution in [0.3, 0.4) is 0 Å². The predicted molar refractivity (Wildman–Crippen MR) is 74.7 cm³/mol. The van der Waals surface area contributed by atoms with Crippen molar-refractivity contribution in [2.45, 2.75) is 36.9 Å². The third kappa shape index (κ3) is 12.5. The van der Waals surface area contributed by atoms with E-state index in [4.69, 9.17) is 30.6 Å². The topological polar surface area (TPSA) is 270 Å². The number of carboxylic acids is 6. The summed E-state index contributed by atoms with van der Waals surface area (Å²) in [5.41, 5.74) is -5.60. The summed E-state index contributed by atoms with van der Waals surface area (Å²) in [5, 5.41) is 71.0. The third-order valence-electron chi connectivity index (χ3n) is 2.56. The Kier molecular flexibility index (Phi) is 13.0. The number of carbonyl (C=O) groups is 6. The first-order valence-electron chi connectivity index (χ1n) is 6.30. The summed E-state index contributed by atoms with van der Waals surface area (Å²) in [4.78, 5) is 60.7. The molecule has 0 spiro atoms. The zero-order chi connectivity index (χ0) is 21.3. The first-order chi connectivity index (χ1) is 11.6. The average molecular weight is 407 g/mol. The molecule has 0 saturated carbocycles. The van der Waals surface area contributed by atoms with E-state index in [-0.39, 0.29) is 23.1 Å². The number of aliphatic hydroxyl groups is 2. The molecule has 0 aliphatic rings. The molecule has 0 heterocycles. The number of carbonyl (C=O) groups excluding carboxylic acids is 2. The van der Waals surface area contributed by atoms with Crippen LogP contribution in [0.5, 0.6) is 0 Å². The van der Waals surface area contributed by atoms with E-state index >= 15 is 0 Å². The van der Waals surface area contributed by atoms with Gasteiger partial charge in [-0.1, -0.05) is 0 Å². The Morgan fingerprint density at radius 1 is 0.593 bits per heavy atom. The minimum atomic E-state index is -2.80. The van der Waals surface area contributed by atoms with E-state index in [9.17, 15) is 39.0 Å². The van der Waals surface area contributed by atoms with Gasteiger partial charge in [0.2, 0.25) is 0 Å². The van der Waals surface area contributed by atoms with Gasteiger partial charge >= 0.3 is 46.9 Å². The Morgan fingerprint density at radius 2 is 0.815 bits per heavy atom. The summed E-state index contributed by atoms with van der Waals surface area (Å²) in [7, 11) is 0. The van der Waals surface area contributed by atoms with Crippen LogP contribution in [-0.4, -0.2) is 101 Å². The number of hydrogen-bond acceptors (Lipinski definition) is 10. The van der Waals surface area contributed by atoms with Crippen LogP contribution < -0.4 is 10.2 Å². The van der Waals surface area contributed by atoms with Gasteiger partial charge in [-0.3, -0.25) is 9.59 Å². The Hall–Kier alpha value is -2.49. The molecule has 15 heteroatoms. The van der Waals surface area contributed by atoms with Gasteiger partial charge < -0.3 is 50.4 Å². The van der Waals surface area contributed by atoms with Crippen molar-refractivity contribution < 1.29 is 69.6 Å². The molecule has 27 heavy (non-hydrogen) atoms. The van der Waals surface area contributed by atoms with Crippen LogP contribution in [-0.2, 0) is 28.8 Å². The standard InChI is InChI=1S/2C6H8O7.Mg/c2*7-3(8)1-6(13,5(11)12)2-4(9)10;/h2*13H,1-2H2,(H,7,8)(H,9,10)(H,11,12);/q;;+2/p-2. The Balaban J connectivity index is -0.000000411. The summed E-state index contributed by atoms with van der Waals surface area (Å²) in [5.74, 6) is -10.7. The van der Waals surface area contributed by atoms with Gasteiger partial charge in [0, 0.05) is 24.8 Å². The molecule has 2 atom stereocenters. The van der Waals surface area contributed by atoms with Gasteiger partial charge in [-0.2, -0.15) is 0 Å². The monoisotopic (exact) mass is 406 g/mol. The maximum absolute atomic E-state index is 10.3. The number of hydrogen-bond donors (Lipinski definition) is 6. The van der Waals surface area contributed by atoms with Crippen molar-refractivity contribution in [3.63, 3.8) is 0 Å². The first kappa shape index (κ1) is 29.3. The second-order valence-electron chi connectivity index (χ2n) is 4.91. The molecule has 0 bridgehead atoms. The normalized spacial score (nSPS) is 14.0. The molecule has 0 aromatic carbocycles. The number of rotatable bonds is 10. The molecule has 0 aromatic rings. The molecule has 0 radical (unpaired) electrons. The van der Waals surface area contributed by atoms with Crippen LogP contribution in [0.2, 0.25) is 0 Å². The fourth-order valence-electron chi connectivity index (χ4n) is 1.41. The van der Waals surface area contributed by atoms with Crippen molar-refractivity contribution in [2.24, 2.45) is 0 Å². The van der Waals surface area contributed by atoms with E-state index in [1.165, 1.54) is 0 Å². The molecule has 0 aromatic heterocycles. The summed E-state index contributed by atoms with van der Waals surface area (Å²) in [6, 6.07) is 0. The first-order valence-corrected chi connectivity index (χ1v) is 6.30. The Bertz CT molecular complexity index is 513. The molecular weight excluding hydrogens is 392 g/mol. The van der Waals surface area contributed by atoms with Crippen molar-refractivity contribution in [3.8, 4) is 0 Å². The Morgan fingerprint density at radius 3 is 0.926 bits per heavy atom. The van der Waals surface area contributed by atoms with Crippen LogP contribution in [0.4, 0.5) is 0 Å². The van der Waals surface area contributed by atoms with E-state index in [0.717, 1.165) is 0 Å². The molecule has 0 amide bonds. The largest absolute Gasteiger partial charge is 2.00 e. The maximum atomic E-state index is 10.3. The average Bonchev–Trinajstić information content (AvgIpc) is 2.34. The molecule has 14 nitrogen and oxygen atoms in total. The zero-order valence-corrected chi connectivity index (χ0v) is 14.9. The third-order valence-corrected chi connectivity index (χ3v) is 2.56. The fraction of sp³-hybridized carbons (Fsp3) is 0.500. The van der Waals surface area contributed by atoms with Crippen LogP contribution in [0.25, 0.3) is 0 Å². The summed E-state index contributed by atoms with van der Waals surface area (Å²) in [6.07, 6.45) is -4.88. The summed E-state index contributed by atoms with van der Waals surface area (Å²) in [6.45, 7) is 0. The molecule has 0 fully saturated rings. The summed E-state index contributed by atoms with van der Waals surface area (Å²) < 4.78 is 0. The van der Waals surface area contributed by atoms with E-state index in [1.54, 1.807) is 0 Å². The second-order valence-corrected chi connectivity index (χ2v) is 4.91. The van der Waals surface area contributed by atoms with E-state index in [1.807, 2.05) is 0 Å². The van der Waals surface area contributed by atoms with Crippen LogP contribution in [0.1, 0.15) is 25.7 Å². The molecule has 148 valence electrons. The van der Waals surface area contributed by atoms with Gasteiger partial charge in [-0.25, -0.2) is 9.59 Å². The smallest absolute Gasteiger partial charge is 0.550 e. The number of carboxylic acid groups (broad SMARTS) is 6. The molecular formula is C12H14MgO14. The number of aliphatic carboxylic acids is 6. The zero-order valence-electron chi connectivity index (χ0n) is 13.5. The molecule has 0 aliphatic heterocycles. The van der Waals surface area contributed by atoms with E-state index in [0.29, 0.717) is 0 Å². The van der Waals surface area contributed by atoms with Crippen molar-refractivity contribution in [2.75, 3.05) is 0 Å². The maximum Gasteiger partial charge on any atom is 2.00 e. The second kappa shape index (κ2) is 12.0. The Labute approximate surface area is 165 Å². The molecule has 6 N–H and O–H groups in total. The van der Waals surface area contributed by atoms with Gasteiger partial charge in [0.1, 0.15) is 0 Å². The van der Waals surface area contributed by atoms with Gasteiger partial charge in [0.25, 0.3) is 0 Å². The summed E-state index contributed by atoms with van der Waals surface area (Å²) >= 11 is 0. The van der Waals surface area contributed by atoms with Gasteiger partial charge in [-0.15, -0.1) is 0 Å². The minimum Gasteiger partial charge on any atom is -0.550 e. The van der Waals surface area contributed by atoms with Gasteiger partial charge in [-0.05, 0) is 0 Å². The van der Waals surface area contributed by atoms with Crippen LogP contribution in [0, 0.1) is 0 Å². The van der Waals surface area contributed by atoms with Crippen molar-refractivity contribution in [1.29, 1.82) is 0 Å². The van der Waals surface area contributed by atoms with E-state index < -0.39 is 72.7 Å². The minimum absolute atomic E-state index is 0. The predicted octanol–water partition coefficient (Wildman–Crippen LogP) is -5.55. The van der Waals surface area contributed by atoms with E-state index in [2.05, 4.69) is 0 Å².